The van der Waals surface area contributed by atoms with Crippen LogP contribution in [0, 0.1) is 0 Å². The Hall–Kier alpha value is -2.86. The van der Waals surface area contributed by atoms with E-state index in [1.165, 1.54) is 0 Å². The van der Waals surface area contributed by atoms with E-state index in [-0.39, 0.29) is 11.8 Å². The number of methoxy groups -OCH3 is 1. The molecule has 6 heteroatoms. The Labute approximate surface area is 147 Å². The van der Waals surface area contributed by atoms with Crippen LogP contribution in [0.1, 0.15) is 27.6 Å². The van der Waals surface area contributed by atoms with Gasteiger partial charge in [-0.05, 0) is 49.4 Å². The minimum Gasteiger partial charge on any atom is -0.494 e. The number of amides is 2. The number of hydrogen-bond acceptors (Lipinski definition) is 4. The maximum Gasteiger partial charge on any atom is 0.255 e. The van der Waals surface area contributed by atoms with Gasteiger partial charge in [-0.15, -0.1) is 0 Å². The van der Waals surface area contributed by atoms with Gasteiger partial charge in [-0.3, -0.25) is 9.59 Å². The summed E-state index contributed by atoms with van der Waals surface area (Å²) < 4.78 is 10.3. The molecule has 2 rings (SSSR count). The van der Waals surface area contributed by atoms with Crippen molar-refractivity contribution in [3.8, 4) is 5.75 Å². The molecule has 0 spiro atoms. The van der Waals surface area contributed by atoms with Gasteiger partial charge >= 0.3 is 0 Å². The predicted molar refractivity (Wildman–Crippen MR) is 96.2 cm³/mol. The Balaban J connectivity index is 2.01. The quantitative estimate of drug-likeness (QED) is 0.723. The molecular weight excluding hydrogens is 320 g/mol. The first-order valence-electron chi connectivity index (χ1n) is 8.05. The molecule has 0 saturated heterocycles. The van der Waals surface area contributed by atoms with Crippen molar-refractivity contribution in [1.29, 1.82) is 0 Å². The van der Waals surface area contributed by atoms with Crippen LogP contribution >= 0.6 is 0 Å². The third kappa shape index (κ3) is 5.61. The van der Waals surface area contributed by atoms with Crippen LogP contribution in [-0.2, 0) is 4.74 Å². The van der Waals surface area contributed by atoms with Crippen LogP contribution in [0.4, 0.5) is 5.69 Å². The van der Waals surface area contributed by atoms with Gasteiger partial charge in [0.25, 0.3) is 11.8 Å². The van der Waals surface area contributed by atoms with E-state index < -0.39 is 0 Å². The second-order valence-corrected chi connectivity index (χ2v) is 5.24. The zero-order chi connectivity index (χ0) is 18.1. The highest BCUT2D eigenvalue weighted by atomic mass is 16.5. The molecule has 0 saturated carbocycles. The number of rotatable bonds is 8. The summed E-state index contributed by atoms with van der Waals surface area (Å²) in [5.74, 6) is 0.221. The highest BCUT2D eigenvalue weighted by Gasteiger charge is 2.10. The first-order chi connectivity index (χ1) is 12.1. The van der Waals surface area contributed by atoms with E-state index in [4.69, 9.17) is 9.47 Å². The molecule has 25 heavy (non-hydrogen) atoms. The van der Waals surface area contributed by atoms with Gasteiger partial charge < -0.3 is 20.1 Å². The van der Waals surface area contributed by atoms with Crippen LogP contribution < -0.4 is 15.4 Å². The van der Waals surface area contributed by atoms with Crippen LogP contribution in [-0.4, -0.2) is 38.7 Å². The molecule has 0 aliphatic heterocycles. The zero-order valence-electron chi connectivity index (χ0n) is 14.4. The highest BCUT2D eigenvalue weighted by molar-refractivity contribution is 6.06. The van der Waals surface area contributed by atoms with Crippen LogP contribution in [0.2, 0.25) is 0 Å². The van der Waals surface area contributed by atoms with Crippen LogP contribution in [0.25, 0.3) is 0 Å². The Morgan fingerprint density at radius 3 is 2.32 bits per heavy atom. The Morgan fingerprint density at radius 1 is 1.00 bits per heavy atom. The van der Waals surface area contributed by atoms with Crippen LogP contribution in [0.5, 0.6) is 5.75 Å². The van der Waals surface area contributed by atoms with Gasteiger partial charge in [0.1, 0.15) is 5.75 Å². The lowest BCUT2D eigenvalue weighted by molar-refractivity contribution is 0.0937. The molecular formula is C19H22N2O4. The van der Waals surface area contributed by atoms with Gasteiger partial charge in [0, 0.05) is 30.5 Å². The minimum atomic E-state index is -0.282. The van der Waals surface area contributed by atoms with Crippen molar-refractivity contribution in [3.05, 3.63) is 59.7 Å². The van der Waals surface area contributed by atoms with Gasteiger partial charge in [-0.2, -0.15) is 0 Å². The molecule has 0 aliphatic carbocycles. The molecule has 132 valence electrons. The molecule has 0 unspecified atom stereocenters. The van der Waals surface area contributed by atoms with E-state index in [0.29, 0.717) is 36.6 Å². The van der Waals surface area contributed by atoms with Crippen LogP contribution in [0.15, 0.2) is 48.5 Å². The highest BCUT2D eigenvalue weighted by Crippen LogP contribution is 2.16. The Morgan fingerprint density at radius 2 is 1.68 bits per heavy atom. The summed E-state index contributed by atoms with van der Waals surface area (Å²) in [5, 5.41) is 5.52. The van der Waals surface area contributed by atoms with Crippen molar-refractivity contribution < 1.29 is 19.1 Å². The van der Waals surface area contributed by atoms with Crippen molar-refractivity contribution in [2.45, 2.75) is 6.92 Å². The lowest BCUT2D eigenvalue weighted by atomic mass is 10.1. The van der Waals surface area contributed by atoms with Crippen molar-refractivity contribution >= 4 is 17.5 Å². The smallest absolute Gasteiger partial charge is 0.255 e. The number of carbonyl (C=O) groups excluding carboxylic acids is 2. The Bertz CT molecular complexity index is 714. The fraction of sp³-hybridized carbons (Fsp3) is 0.263. The molecule has 0 heterocycles. The normalized spacial score (nSPS) is 10.2. The lowest BCUT2D eigenvalue weighted by Crippen LogP contribution is -2.27. The summed E-state index contributed by atoms with van der Waals surface area (Å²) in [5.41, 5.74) is 1.49. The monoisotopic (exact) mass is 342 g/mol. The van der Waals surface area contributed by atoms with E-state index in [0.717, 1.165) is 5.75 Å². The summed E-state index contributed by atoms with van der Waals surface area (Å²) in [7, 11) is 1.57. The number of nitrogens with one attached hydrogen (secondary N) is 2. The van der Waals surface area contributed by atoms with Gasteiger partial charge in [0.05, 0.1) is 13.2 Å². The van der Waals surface area contributed by atoms with Crippen LogP contribution in [0.3, 0.4) is 0 Å². The van der Waals surface area contributed by atoms with Crippen molar-refractivity contribution in [2.24, 2.45) is 0 Å². The Kier molecular flexibility index (Phi) is 6.98. The summed E-state index contributed by atoms with van der Waals surface area (Å²) >= 11 is 0. The third-order valence-corrected chi connectivity index (χ3v) is 3.40. The topological polar surface area (TPSA) is 76.7 Å². The summed E-state index contributed by atoms with van der Waals surface area (Å²) in [6, 6.07) is 13.7. The van der Waals surface area contributed by atoms with E-state index >= 15 is 0 Å². The maximum atomic E-state index is 12.4. The molecule has 0 aromatic heterocycles. The zero-order valence-corrected chi connectivity index (χ0v) is 14.4. The average Bonchev–Trinajstić information content (AvgIpc) is 2.64. The van der Waals surface area contributed by atoms with Crippen molar-refractivity contribution in [1.82, 2.24) is 5.32 Å². The lowest BCUT2D eigenvalue weighted by Gasteiger charge is -2.09. The first-order valence-corrected chi connectivity index (χ1v) is 8.05. The molecule has 2 amide bonds. The van der Waals surface area contributed by atoms with Crippen molar-refractivity contribution in [2.75, 3.05) is 32.2 Å². The SMILES string of the molecule is CCOc1ccc(NC(=O)c2cccc(C(=O)NCCOC)c2)cc1. The molecule has 0 aliphatic rings. The number of carbonyl (C=O) groups is 2. The number of ether oxygens (including phenoxy) is 2. The molecule has 0 fully saturated rings. The van der Waals surface area contributed by atoms with Gasteiger partial charge in [0.2, 0.25) is 0 Å². The summed E-state index contributed by atoms with van der Waals surface area (Å²) in [4.78, 5) is 24.4. The van der Waals surface area contributed by atoms with E-state index in [1.807, 2.05) is 6.92 Å². The molecule has 6 nitrogen and oxygen atoms in total. The summed E-state index contributed by atoms with van der Waals surface area (Å²) in [6.07, 6.45) is 0. The van der Waals surface area contributed by atoms with Gasteiger partial charge in [-0.25, -0.2) is 0 Å². The molecule has 0 bridgehead atoms. The molecule has 2 aromatic rings. The number of benzene rings is 2. The minimum absolute atomic E-state index is 0.243. The fourth-order valence-corrected chi connectivity index (χ4v) is 2.17. The third-order valence-electron chi connectivity index (χ3n) is 3.40. The van der Waals surface area contributed by atoms with Crippen molar-refractivity contribution in [3.63, 3.8) is 0 Å². The van der Waals surface area contributed by atoms with Gasteiger partial charge in [-0.1, -0.05) is 6.07 Å². The molecule has 2 aromatic carbocycles. The molecule has 0 radical (unpaired) electrons. The average molecular weight is 342 g/mol. The maximum absolute atomic E-state index is 12.4. The second-order valence-electron chi connectivity index (χ2n) is 5.24. The number of hydrogen-bond donors (Lipinski definition) is 2. The second kappa shape index (κ2) is 9.44. The molecule has 2 N–H and O–H groups in total. The van der Waals surface area contributed by atoms with E-state index in [9.17, 15) is 9.59 Å². The van der Waals surface area contributed by atoms with Gasteiger partial charge in [0.15, 0.2) is 0 Å². The summed E-state index contributed by atoms with van der Waals surface area (Å²) in [6.45, 7) is 3.35. The van der Waals surface area contributed by atoms with E-state index in [2.05, 4.69) is 10.6 Å². The predicted octanol–water partition coefficient (Wildman–Crippen LogP) is 2.71. The number of anilines is 1. The molecule has 0 atom stereocenters. The van der Waals surface area contributed by atoms with E-state index in [1.54, 1.807) is 55.6 Å². The largest absolute Gasteiger partial charge is 0.494 e. The fourth-order valence-electron chi connectivity index (χ4n) is 2.17. The first kappa shape index (κ1) is 18.5. The standard InChI is InChI=1S/C19H22N2O4/c1-3-25-17-9-7-16(8-10-17)21-19(23)15-6-4-5-14(13-15)18(22)20-11-12-24-2/h4-10,13H,3,11-12H2,1-2H3,(H,20,22)(H,21,23).